The highest BCUT2D eigenvalue weighted by atomic mass is 16.5. The van der Waals surface area contributed by atoms with Crippen LogP contribution in [-0.4, -0.2) is 39.2 Å². The second-order valence-corrected chi connectivity index (χ2v) is 8.71. The Balaban J connectivity index is 1.82. The number of furan rings is 1. The van der Waals surface area contributed by atoms with Crippen molar-refractivity contribution in [3.63, 3.8) is 0 Å². The van der Waals surface area contributed by atoms with Crippen LogP contribution in [0.4, 0.5) is 5.69 Å². The summed E-state index contributed by atoms with van der Waals surface area (Å²) in [4.78, 5) is 29.2. The van der Waals surface area contributed by atoms with Crippen molar-refractivity contribution in [3.8, 4) is 17.2 Å². The fraction of sp³-hybridized carbons (Fsp3) is 0.357. The molecule has 0 radical (unpaired) electrons. The number of anilines is 1. The van der Waals surface area contributed by atoms with Crippen LogP contribution in [0.25, 0.3) is 0 Å². The summed E-state index contributed by atoms with van der Waals surface area (Å²) in [7, 11) is 4.65. The molecule has 1 aliphatic rings. The maximum absolute atomic E-state index is 13.9. The molecular weight excluding hydrogens is 460 g/mol. The quantitative estimate of drug-likeness (QED) is 0.445. The molecule has 8 nitrogen and oxygen atoms in total. The van der Waals surface area contributed by atoms with E-state index < -0.39 is 11.9 Å². The number of hydrogen-bond donors (Lipinski definition) is 1. The number of nitrogens with zero attached hydrogens (tertiary/aromatic N) is 1. The van der Waals surface area contributed by atoms with Gasteiger partial charge in [-0.1, -0.05) is 31.4 Å². The van der Waals surface area contributed by atoms with Crippen molar-refractivity contribution in [1.29, 1.82) is 0 Å². The van der Waals surface area contributed by atoms with Gasteiger partial charge in [0, 0.05) is 17.8 Å². The van der Waals surface area contributed by atoms with Gasteiger partial charge >= 0.3 is 0 Å². The van der Waals surface area contributed by atoms with E-state index in [0.29, 0.717) is 28.5 Å². The highest BCUT2D eigenvalue weighted by Gasteiger charge is 2.36. The second-order valence-electron chi connectivity index (χ2n) is 8.71. The fourth-order valence-corrected chi connectivity index (χ4v) is 4.61. The van der Waals surface area contributed by atoms with Crippen LogP contribution in [0, 0.1) is 0 Å². The van der Waals surface area contributed by atoms with Crippen LogP contribution in [0.3, 0.4) is 0 Å². The number of hydrogen-bond acceptors (Lipinski definition) is 6. The lowest BCUT2D eigenvalue weighted by Crippen LogP contribution is -2.47. The van der Waals surface area contributed by atoms with Crippen molar-refractivity contribution in [2.45, 2.75) is 44.2 Å². The van der Waals surface area contributed by atoms with E-state index in [9.17, 15) is 9.59 Å². The van der Waals surface area contributed by atoms with Crippen LogP contribution in [0.1, 0.15) is 54.3 Å². The maximum Gasteiger partial charge on any atom is 0.294 e. The Morgan fingerprint density at radius 2 is 1.64 bits per heavy atom. The summed E-state index contributed by atoms with van der Waals surface area (Å²) >= 11 is 0. The van der Waals surface area contributed by atoms with Crippen LogP contribution >= 0.6 is 0 Å². The zero-order chi connectivity index (χ0) is 25.5. The number of methoxy groups -OCH3 is 3. The van der Waals surface area contributed by atoms with Gasteiger partial charge in [-0.2, -0.15) is 0 Å². The molecule has 3 aromatic rings. The number of carbonyl (C=O) groups is 2. The minimum atomic E-state index is -0.964. The summed E-state index contributed by atoms with van der Waals surface area (Å²) in [5.41, 5.74) is 1.10. The number of amides is 2. The van der Waals surface area contributed by atoms with Gasteiger partial charge < -0.3 is 23.9 Å². The van der Waals surface area contributed by atoms with Crippen molar-refractivity contribution in [2.75, 3.05) is 26.2 Å². The molecule has 1 N–H and O–H groups in total. The summed E-state index contributed by atoms with van der Waals surface area (Å²) in [6, 6.07) is 14.6. The van der Waals surface area contributed by atoms with Gasteiger partial charge in [-0.3, -0.25) is 14.5 Å². The SMILES string of the molecule is COc1ccc(C(C(=O)NC2CCCCC2)N(C(=O)c2ccco2)c2ccc(OC)c(OC)c2)cc1. The number of ether oxygens (including phenoxy) is 3. The van der Waals surface area contributed by atoms with Crippen LogP contribution in [0.5, 0.6) is 17.2 Å². The lowest BCUT2D eigenvalue weighted by molar-refractivity contribution is -0.123. The molecule has 8 heteroatoms. The molecule has 0 bridgehead atoms. The summed E-state index contributed by atoms with van der Waals surface area (Å²) in [5.74, 6) is 1.01. The minimum absolute atomic E-state index is 0.0676. The van der Waals surface area contributed by atoms with Crippen LogP contribution in [0.2, 0.25) is 0 Å². The Bertz CT molecular complexity index is 1150. The standard InChI is InChI=1S/C28H32N2O6/c1-33-22-14-11-19(12-15-22)26(27(31)29-20-8-5-4-6-9-20)30(28(32)24-10-7-17-36-24)21-13-16-23(34-2)25(18-21)35-3/h7,10-18,20,26H,4-6,8-9H2,1-3H3,(H,29,31). The van der Waals surface area contributed by atoms with Gasteiger partial charge in [0.05, 0.1) is 27.6 Å². The molecule has 1 saturated carbocycles. The van der Waals surface area contributed by atoms with E-state index in [-0.39, 0.29) is 17.7 Å². The molecule has 4 rings (SSSR count). The molecule has 2 aromatic carbocycles. The molecular formula is C28H32N2O6. The Morgan fingerprint density at radius 1 is 0.917 bits per heavy atom. The number of carbonyl (C=O) groups excluding carboxylic acids is 2. The van der Waals surface area contributed by atoms with Crippen LogP contribution < -0.4 is 24.4 Å². The highest BCUT2D eigenvalue weighted by molar-refractivity contribution is 6.08. The van der Waals surface area contributed by atoms with Crippen molar-refractivity contribution in [3.05, 3.63) is 72.2 Å². The Labute approximate surface area is 211 Å². The first-order chi connectivity index (χ1) is 17.5. The minimum Gasteiger partial charge on any atom is -0.497 e. The van der Waals surface area contributed by atoms with Crippen molar-refractivity contribution >= 4 is 17.5 Å². The van der Waals surface area contributed by atoms with E-state index in [1.54, 1.807) is 68.8 Å². The zero-order valence-electron chi connectivity index (χ0n) is 20.9. The Kier molecular flexibility index (Phi) is 8.15. The maximum atomic E-state index is 13.9. The van der Waals surface area contributed by atoms with Gasteiger partial charge in [0.2, 0.25) is 5.91 Å². The van der Waals surface area contributed by atoms with Gasteiger partial charge in [0.1, 0.15) is 11.8 Å². The van der Waals surface area contributed by atoms with Crippen molar-refractivity contribution in [1.82, 2.24) is 5.32 Å². The first-order valence-corrected chi connectivity index (χ1v) is 12.1. The monoisotopic (exact) mass is 492 g/mol. The molecule has 1 fully saturated rings. The van der Waals surface area contributed by atoms with Gasteiger partial charge in [0.25, 0.3) is 5.91 Å². The lowest BCUT2D eigenvalue weighted by atomic mass is 9.94. The smallest absolute Gasteiger partial charge is 0.294 e. The topological polar surface area (TPSA) is 90.2 Å². The first-order valence-electron chi connectivity index (χ1n) is 12.1. The van der Waals surface area contributed by atoms with Gasteiger partial charge in [0.15, 0.2) is 17.3 Å². The Morgan fingerprint density at radius 3 is 2.25 bits per heavy atom. The third-order valence-electron chi connectivity index (χ3n) is 6.49. The van der Waals surface area contributed by atoms with Crippen LogP contribution in [0.15, 0.2) is 65.3 Å². The lowest BCUT2D eigenvalue weighted by Gasteiger charge is -2.33. The normalized spacial score (nSPS) is 14.5. The molecule has 36 heavy (non-hydrogen) atoms. The predicted molar refractivity (Wildman–Crippen MR) is 136 cm³/mol. The highest BCUT2D eigenvalue weighted by Crippen LogP contribution is 2.37. The molecule has 1 unspecified atom stereocenters. The Hall–Kier alpha value is -3.94. The van der Waals surface area contributed by atoms with E-state index in [1.807, 2.05) is 0 Å². The summed E-state index contributed by atoms with van der Waals surface area (Å²) in [6.07, 6.45) is 6.59. The third kappa shape index (κ3) is 5.48. The molecule has 190 valence electrons. The summed E-state index contributed by atoms with van der Waals surface area (Å²) < 4.78 is 21.6. The number of rotatable bonds is 9. The molecule has 0 aliphatic heterocycles. The van der Waals surface area contributed by atoms with E-state index in [4.69, 9.17) is 18.6 Å². The average Bonchev–Trinajstić information content (AvgIpc) is 3.47. The van der Waals surface area contributed by atoms with Gasteiger partial charge in [-0.25, -0.2) is 0 Å². The summed E-state index contributed by atoms with van der Waals surface area (Å²) in [5, 5.41) is 3.20. The molecule has 1 aromatic heterocycles. The molecule has 0 spiro atoms. The van der Waals surface area contributed by atoms with Crippen LogP contribution in [-0.2, 0) is 4.79 Å². The molecule has 1 heterocycles. The molecule has 2 amide bonds. The van der Waals surface area contributed by atoms with Crippen molar-refractivity contribution in [2.24, 2.45) is 0 Å². The van der Waals surface area contributed by atoms with E-state index in [2.05, 4.69) is 5.32 Å². The van der Waals surface area contributed by atoms with E-state index >= 15 is 0 Å². The first kappa shape index (κ1) is 25.2. The predicted octanol–water partition coefficient (Wildman–Crippen LogP) is 5.14. The van der Waals surface area contributed by atoms with Gasteiger partial charge in [-0.05, 0) is 54.8 Å². The summed E-state index contributed by atoms with van der Waals surface area (Å²) in [6.45, 7) is 0. The zero-order valence-corrected chi connectivity index (χ0v) is 20.9. The van der Waals surface area contributed by atoms with E-state index in [0.717, 1.165) is 25.7 Å². The second kappa shape index (κ2) is 11.7. The molecule has 1 atom stereocenters. The number of nitrogens with one attached hydrogen (secondary N) is 1. The number of benzene rings is 2. The fourth-order valence-electron chi connectivity index (χ4n) is 4.61. The average molecular weight is 493 g/mol. The molecule has 0 saturated heterocycles. The third-order valence-corrected chi connectivity index (χ3v) is 6.49. The largest absolute Gasteiger partial charge is 0.497 e. The van der Waals surface area contributed by atoms with E-state index in [1.165, 1.54) is 24.7 Å². The van der Waals surface area contributed by atoms with Gasteiger partial charge in [-0.15, -0.1) is 0 Å². The molecule has 1 aliphatic carbocycles. The van der Waals surface area contributed by atoms with Crippen molar-refractivity contribution < 1.29 is 28.2 Å².